The number of rotatable bonds is 7. The van der Waals surface area contributed by atoms with Gasteiger partial charge in [-0.05, 0) is 56.0 Å². The molecular formula is C22H22F3NO3S2. The van der Waals surface area contributed by atoms with Crippen LogP contribution in [0, 0.1) is 6.92 Å². The van der Waals surface area contributed by atoms with Gasteiger partial charge in [-0.2, -0.15) is 13.2 Å². The molecule has 0 aliphatic carbocycles. The molecule has 166 valence electrons. The van der Waals surface area contributed by atoms with Crippen LogP contribution in [0.3, 0.4) is 0 Å². The Kier molecular flexibility index (Phi) is 6.66. The van der Waals surface area contributed by atoms with Gasteiger partial charge >= 0.3 is 6.18 Å². The highest BCUT2D eigenvalue weighted by Gasteiger charge is 2.35. The lowest BCUT2D eigenvalue weighted by molar-refractivity contribution is -0.137. The van der Waals surface area contributed by atoms with Crippen LogP contribution >= 0.6 is 11.3 Å². The average molecular weight is 470 g/mol. The topological polar surface area (TPSA) is 46.6 Å². The van der Waals surface area contributed by atoms with E-state index >= 15 is 0 Å². The maximum Gasteiger partial charge on any atom is 0.416 e. The Morgan fingerprint density at radius 2 is 1.74 bits per heavy atom. The molecule has 3 rings (SSSR count). The zero-order valence-electron chi connectivity index (χ0n) is 17.2. The number of nitrogens with zero attached hydrogens (tertiary/aromatic N) is 1. The highest BCUT2D eigenvalue weighted by atomic mass is 32.2. The molecule has 0 atom stereocenters. The van der Waals surface area contributed by atoms with E-state index in [1.54, 1.807) is 25.3 Å². The molecule has 31 heavy (non-hydrogen) atoms. The first-order chi connectivity index (χ1) is 14.5. The van der Waals surface area contributed by atoms with E-state index in [0.717, 1.165) is 45.0 Å². The molecule has 3 aromatic rings. The van der Waals surface area contributed by atoms with Crippen LogP contribution in [0.5, 0.6) is 5.75 Å². The number of hydrogen-bond acceptors (Lipinski definition) is 4. The molecule has 0 amide bonds. The molecule has 0 spiro atoms. The summed E-state index contributed by atoms with van der Waals surface area (Å²) in [5.74, 6) is -0.149. The minimum atomic E-state index is -4.59. The third kappa shape index (κ3) is 5.22. The molecule has 4 nitrogen and oxygen atoms in total. The van der Waals surface area contributed by atoms with Gasteiger partial charge in [-0.25, -0.2) is 8.42 Å². The monoisotopic (exact) mass is 469 g/mol. The first kappa shape index (κ1) is 23.1. The van der Waals surface area contributed by atoms with Crippen molar-refractivity contribution in [3.05, 3.63) is 76.7 Å². The van der Waals surface area contributed by atoms with Crippen LogP contribution in [0.15, 0.2) is 64.2 Å². The van der Waals surface area contributed by atoms with Gasteiger partial charge in [0, 0.05) is 6.04 Å². The van der Waals surface area contributed by atoms with Crippen LogP contribution in [-0.4, -0.2) is 14.5 Å². The molecular weight excluding hydrogens is 447 g/mol. The lowest BCUT2D eigenvalue weighted by atomic mass is 10.1. The summed E-state index contributed by atoms with van der Waals surface area (Å²) in [5, 5.41) is 1.63. The van der Waals surface area contributed by atoms with Crippen LogP contribution in [-0.2, 0) is 22.8 Å². The van der Waals surface area contributed by atoms with E-state index in [1.807, 2.05) is 31.2 Å². The molecule has 0 N–H and O–H groups in total. The van der Waals surface area contributed by atoms with Gasteiger partial charge in [0.25, 0.3) is 10.0 Å². The van der Waals surface area contributed by atoms with Crippen molar-refractivity contribution in [1.82, 2.24) is 0 Å². The molecule has 0 saturated heterocycles. The first-order valence-corrected chi connectivity index (χ1v) is 11.8. The van der Waals surface area contributed by atoms with Crippen molar-refractivity contribution in [2.45, 2.75) is 43.8 Å². The Hall–Kier alpha value is -2.52. The van der Waals surface area contributed by atoms with Crippen LogP contribution < -0.4 is 9.04 Å². The van der Waals surface area contributed by atoms with Crippen molar-refractivity contribution in [3.63, 3.8) is 0 Å². The van der Waals surface area contributed by atoms with Gasteiger partial charge in [0.1, 0.15) is 16.6 Å². The van der Waals surface area contributed by atoms with Gasteiger partial charge in [-0.1, -0.05) is 35.9 Å². The number of aryl methyl sites for hydroxylation is 1. The van der Waals surface area contributed by atoms with Crippen molar-refractivity contribution in [1.29, 1.82) is 0 Å². The van der Waals surface area contributed by atoms with E-state index in [9.17, 15) is 21.6 Å². The van der Waals surface area contributed by atoms with E-state index in [2.05, 4.69) is 0 Å². The average Bonchev–Trinajstić information content (AvgIpc) is 3.23. The third-order valence-electron chi connectivity index (χ3n) is 4.52. The van der Waals surface area contributed by atoms with Gasteiger partial charge < -0.3 is 4.74 Å². The van der Waals surface area contributed by atoms with E-state index in [0.29, 0.717) is 0 Å². The molecule has 0 fully saturated rings. The Morgan fingerprint density at radius 1 is 1.06 bits per heavy atom. The summed E-state index contributed by atoms with van der Waals surface area (Å²) >= 11 is 1.04. The highest BCUT2D eigenvalue weighted by Crippen LogP contribution is 2.40. The quantitative estimate of drug-likeness (QED) is 0.410. The van der Waals surface area contributed by atoms with Crippen molar-refractivity contribution in [2.24, 2.45) is 0 Å². The van der Waals surface area contributed by atoms with Crippen LogP contribution in [0.2, 0.25) is 0 Å². The molecule has 9 heteroatoms. The summed E-state index contributed by atoms with van der Waals surface area (Å²) in [6, 6.07) is 12.8. The minimum Gasteiger partial charge on any atom is -0.487 e. The normalized spacial score (nSPS) is 12.2. The summed E-state index contributed by atoms with van der Waals surface area (Å²) in [6.45, 7) is 5.24. The molecule has 0 saturated carbocycles. The molecule has 2 aromatic carbocycles. The maximum atomic E-state index is 13.3. The first-order valence-electron chi connectivity index (χ1n) is 9.47. The van der Waals surface area contributed by atoms with Crippen molar-refractivity contribution in [2.75, 3.05) is 4.31 Å². The third-order valence-corrected chi connectivity index (χ3v) is 7.88. The molecule has 0 aliphatic rings. The number of halogens is 3. The fourth-order valence-corrected chi connectivity index (χ4v) is 5.78. The SMILES string of the molecule is Cc1ccc(COc2cc(C(F)(F)F)ccc2N(C(C)C)S(=O)(=O)c2cccs2)cc1. The number of hydrogen-bond donors (Lipinski definition) is 0. The summed E-state index contributed by atoms with van der Waals surface area (Å²) in [6.07, 6.45) is -4.59. The number of thiophene rings is 1. The molecule has 0 bridgehead atoms. The molecule has 0 aliphatic heterocycles. The second-order valence-corrected chi connectivity index (χ2v) is 10.3. The van der Waals surface area contributed by atoms with E-state index in [1.165, 1.54) is 6.07 Å². The van der Waals surface area contributed by atoms with Gasteiger partial charge in [0.15, 0.2) is 0 Å². The van der Waals surface area contributed by atoms with Gasteiger partial charge in [0.2, 0.25) is 0 Å². The predicted octanol–water partition coefficient (Wildman–Crippen LogP) is 6.26. The Morgan fingerprint density at radius 3 is 2.29 bits per heavy atom. The fourth-order valence-electron chi connectivity index (χ4n) is 3.03. The lowest BCUT2D eigenvalue weighted by Crippen LogP contribution is -2.37. The predicted molar refractivity (Wildman–Crippen MR) is 116 cm³/mol. The summed E-state index contributed by atoms with van der Waals surface area (Å²) in [5.41, 5.74) is 0.943. The zero-order valence-corrected chi connectivity index (χ0v) is 18.8. The molecule has 0 radical (unpaired) electrons. The Bertz CT molecular complexity index is 1120. The molecule has 1 aromatic heterocycles. The summed E-state index contributed by atoms with van der Waals surface area (Å²) in [7, 11) is -3.98. The number of benzene rings is 2. The van der Waals surface area contributed by atoms with Gasteiger partial charge in [0.05, 0.1) is 11.3 Å². The maximum absolute atomic E-state index is 13.3. The fraction of sp³-hybridized carbons (Fsp3) is 0.273. The van der Waals surface area contributed by atoms with E-state index in [-0.39, 0.29) is 22.3 Å². The zero-order chi connectivity index (χ0) is 22.8. The highest BCUT2D eigenvalue weighted by molar-refractivity contribution is 7.94. The van der Waals surface area contributed by atoms with Crippen molar-refractivity contribution in [3.8, 4) is 5.75 Å². The van der Waals surface area contributed by atoms with Crippen LogP contribution in [0.1, 0.15) is 30.5 Å². The van der Waals surface area contributed by atoms with Gasteiger partial charge in [-0.15, -0.1) is 11.3 Å². The molecule has 0 unspecified atom stereocenters. The largest absolute Gasteiger partial charge is 0.487 e. The van der Waals surface area contributed by atoms with Crippen LogP contribution in [0.4, 0.5) is 18.9 Å². The standard InChI is InChI=1S/C22H22F3NO3S2/c1-15(2)26(31(27,28)21-5-4-12-30-21)19-11-10-18(22(23,24)25)13-20(19)29-14-17-8-6-16(3)7-9-17/h4-13,15H,14H2,1-3H3. The van der Waals surface area contributed by atoms with E-state index < -0.39 is 27.8 Å². The molecule has 1 heterocycles. The summed E-state index contributed by atoms with van der Waals surface area (Å²) in [4.78, 5) is 0. The number of alkyl halides is 3. The number of ether oxygens (including phenoxy) is 1. The minimum absolute atomic E-state index is 0.000421. The van der Waals surface area contributed by atoms with Crippen molar-refractivity contribution >= 4 is 27.0 Å². The number of anilines is 1. The van der Waals surface area contributed by atoms with Crippen LogP contribution in [0.25, 0.3) is 0 Å². The summed E-state index contributed by atoms with van der Waals surface area (Å²) < 4.78 is 73.4. The lowest BCUT2D eigenvalue weighted by Gasteiger charge is -2.29. The smallest absolute Gasteiger partial charge is 0.416 e. The Labute approximate surface area is 184 Å². The Balaban J connectivity index is 2.07. The second kappa shape index (κ2) is 8.92. The number of sulfonamides is 1. The second-order valence-electron chi connectivity index (χ2n) is 7.28. The van der Waals surface area contributed by atoms with E-state index in [4.69, 9.17) is 4.74 Å². The van der Waals surface area contributed by atoms with Crippen molar-refractivity contribution < 1.29 is 26.3 Å². The van der Waals surface area contributed by atoms with Gasteiger partial charge in [-0.3, -0.25) is 4.31 Å².